The summed E-state index contributed by atoms with van der Waals surface area (Å²) in [7, 11) is 0. The van der Waals surface area contributed by atoms with Crippen molar-refractivity contribution in [2.75, 3.05) is 0 Å². The number of allylic oxidation sites excluding steroid dienone is 1. The first kappa shape index (κ1) is 27.2. The summed E-state index contributed by atoms with van der Waals surface area (Å²) in [5.74, 6) is 0. The molecule has 2 aliphatic carbocycles. The van der Waals surface area contributed by atoms with E-state index in [0.29, 0.717) is 0 Å². The Morgan fingerprint density at radius 3 is 1.50 bits per heavy atom. The van der Waals surface area contributed by atoms with Crippen LogP contribution in [-0.2, 0) is 6.42 Å². The van der Waals surface area contributed by atoms with Crippen LogP contribution < -0.4 is 0 Å². The van der Waals surface area contributed by atoms with Gasteiger partial charge in [-0.3, -0.25) is 0 Å². The van der Waals surface area contributed by atoms with E-state index in [1.165, 1.54) is 99.4 Å². The fraction of sp³-hybridized carbons (Fsp3) is 0.0417. The molecule has 0 saturated carbocycles. The topological polar surface area (TPSA) is 0 Å². The van der Waals surface area contributed by atoms with Crippen LogP contribution in [0.3, 0.4) is 0 Å². The van der Waals surface area contributed by atoms with Gasteiger partial charge in [-0.2, -0.15) is 0 Å². The van der Waals surface area contributed by atoms with Crippen LogP contribution >= 0.6 is 0 Å². The highest BCUT2D eigenvalue weighted by atomic mass is 14.4. The van der Waals surface area contributed by atoms with Crippen LogP contribution in [0.2, 0.25) is 0 Å². The summed E-state index contributed by atoms with van der Waals surface area (Å²) in [5, 5.41) is 5.17. The zero-order valence-electron chi connectivity index (χ0n) is 26.6. The molecule has 224 valence electrons. The Balaban J connectivity index is 1.22. The zero-order chi connectivity index (χ0) is 31.6. The van der Waals surface area contributed by atoms with Gasteiger partial charge in [0.1, 0.15) is 0 Å². The van der Waals surface area contributed by atoms with Crippen LogP contribution in [-0.4, -0.2) is 0 Å². The average Bonchev–Trinajstić information content (AvgIpc) is 3.49. The van der Waals surface area contributed by atoms with Gasteiger partial charge in [0.05, 0.1) is 0 Å². The minimum absolute atomic E-state index is 1.04. The van der Waals surface area contributed by atoms with Crippen molar-refractivity contribution in [2.45, 2.75) is 12.8 Å². The molecule has 0 atom stereocenters. The highest BCUT2D eigenvalue weighted by Crippen LogP contribution is 2.58. The van der Waals surface area contributed by atoms with Gasteiger partial charge in [-0.25, -0.2) is 0 Å². The number of fused-ring (bicyclic) bond motifs is 5. The van der Waals surface area contributed by atoms with E-state index in [4.69, 9.17) is 0 Å². The van der Waals surface area contributed by atoms with Gasteiger partial charge in [-0.05, 0) is 124 Å². The second kappa shape index (κ2) is 10.8. The number of rotatable bonds is 4. The SMILES string of the molecule is C1=C2c3c(ccc(-c4ccc5cc(-c6ccccc6)ccc5c4)c3CC1)-c1c2c(-c2ccccc2)c2ccccc2c1-c1ccccc1. The van der Waals surface area contributed by atoms with Crippen molar-refractivity contribution in [1.82, 2.24) is 0 Å². The largest absolute Gasteiger partial charge is 0.0756 e. The lowest BCUT2D eigenvalue weighted by Crippen LogP contribution is -2.01. The number of hydrogen-bond acceptors (Lipinski definition) is 0. The number of benzene rings is 8. The Bertz CT molecular complexity index is 2570. The molecule has 0 heteroatoms. The highest BCUT2D eigenvalue weighted by Gasteiger charge is 2.35. The highest BCUT2D eigenvalue weighted by molar-refractivity contribution is 6.22. The second-order valence-electron chi connectivity index (χ2n) is 13.1. The fourth-order valence-corrected chi connectivity index (χ4v) is 8.39. The molecule has 48 heavy (non-hydrogen) atoms. The Morgan fingerprint density at radius 1 is 0.333 bits per heavy atom. The summed E-state index contributed by atoms with van der Waals surface area (Å²) in [6.45, 7) is 0. The quantitative estimate of drug-likeness (QED) is 0.186. The summed E-state index contributed by atoms with van der Waals surface area (Å²) in [5.41, 5.74) is 18.8. The molecular weight excluding hydrogens is 577 g/mol. The van der Waals surface area contributed by atoms with Crippen LogP contribution in [0.1, 0.15) is 23.1 Å². The normalized spacial score (nSPS) is 13.0. The molecule has 0 aromatic heterocycles. The van der Waals surface area contributed by atoms with Crippen molar-refractivity contribution >= 4 is 27.1 Å². The maximum absolute atomic E-state index is 2.52. The molecule has 0 unspecified atom stereocenters. The smallest absolute Gasteiger partial charge is 0.000764 e. The number of hydrogen-bond donors (Lipinski definition) is 0. The van der Waals surface area contributed by atoms with Crippen molar-refractivity contribution < 1.29 is 0 Å². The zero-order valence-corrected chi connectivity index (χ0v) is 26.6. The predicted octanol–water partition coefficient (Wildman–Crippen LogP) is 13.0. The van der Waals surface area contributed by atoms with E-state index >= 15 is 0 Å². The predicted molar refractivity (Wildman–Crippen MR) is 204 cm³/mol. The van der Waals surface area contributed by atoms with Gasteiger partial charge >= 0.3 is 0 Å². The first-order chi connectivity index (χ1) is 23.8. The molecule has 0 nitrogen and oxygen atoms in total. The molecule has 0 spiro atoms. The Hall–Kier alpha value is -5.98. The van der Waals surface area contributed by atoms with E-state index in [0.717, 1.165) is 12.8 Å². The molecule has 0 bridgehead atoms. The Kier molecular flexibility index (Phi) is 6.11. The molecule has 0 aliphatic heterocycles. The maximum atomic E-state index is 2.52. The lowest BCUT2D eigenvalue weighted by molar-refractivity contribution is 0.984. The summed E-state index contributed by atoms with van der Waals surface area (Å²) >= 11 is 0. The summed E-state index contributed by atoms with van der Waals surface area (Å²) in [6, 6.07) is 60.4. The standard InChI is InChI=1S/C48H32/c1-4-13-31(14-5-1)34-23-24-36-30-37(26-25-35(36)29-34)38-27-28-43-46-39(38)21-12-22-42(46)47-44(32-15-6-2-7-16-32)40-19-10-11-20-41(40)45(48(43)47)33-17-8-3-9-18-33/h1-11,13-20,22-30H,12,21H2. The fourth-order valence-electron chi connectivity index (χ4n) is 8.39. The molecular formula is C48H32. The van der Waals surface area contributed by atoms with E-state index in [9.17, 15) is 0 Å². The van der Waals surface area contributed by atoms with Gasteiger partial charge in [0.15, 0.2) is 0 Å². The lowest BCUT2D eigenvalue weighted by atomic mass is 9.82. The first-order valence-corrected chi connectivity index (χ1v) is 17.0. The molecule has 0 amide bonds. The van der Waals surface area contributed by atoms with Crippen molar-refractivity contribution in [1.29, 1.82) is 0 Å². The summed E-state index contributed by atoms with van der Waals surface area (Å²) < 4.78 is 0. The molecule has 2 aliphatic rings. The molecule has 0 saturated heterocycles. The third-order valence-electron chi connectivity index (χ3n) is 10.5. The minimum atomic E-state index is 1.04. The Morgan fingerprint density at radius 2 is 0.854 bits per heavy atom. The van der Waals surface area contributed by atoms with Gasteiger partial charge in [0.2, 0.25) is 0 Å². The van der Waals surface area contributed by atoms with E-state index in [2.05, 4.69) is 170 Å². The molecule has 0 heterocycles. The van der Waals surface area contributed by atoms with Crippen LogP contribution in [0, 0.1) is 0 Å². The third kappa shape index (κ3) is 4.09. The van der Waals surface area contributed by atoms with E-state index < -0.39 is 0 Å². The summed E-state index contributed by atoms with van der Waals surface area (Å²) in [4.78, 5) is 0. The third-order valence-corrected chi connectivity index (χ3v) is 10.5. The summed E-state index contributed by atoms with van der Waals surface area (Å²) in [6.07, 6.45) is 4.60. The van der Waals surface area contributed by atoms with Crippen LogP contribution in [0.25, 0.3) is 82.8 Å². The molecule has 0 N–H and O–H groups in total. The van der Waals surface area contributed by atoms with Crippen LogP contribution in [0.5, 0.6) is 0 Å². The molecule has 10 rings (SSSR count). The van der Waals surface area contributed by atoms with Gasteiger partial charge in [0.25, 0.3) is 0 Å². The Labute approximate surface area is 281 Å². The van der Waals surface area contributed by atoms with Gasteiger partial charge in [0, 0.05) is 0 Å². The van der Waals surface area contributed by atoms with Crippen molar-refractivity contribution in [3.63, 3.8) is 0 Å². The van der Waals surface area contributed by atoms with E-state index in [1.54, 1.807) is 0 Å². The molecule has 0 fully saturated rings. The van der Waals surface area contributed by atoms with Crippen molar-refractivity contribution in [3.8, 4) is 55.6 Å². The maximum Gasteiger partial charge on any atom is -0.000764 e. The van der Waals surface area contributed by atoms with Crippen molar-refractivity contribution in [2.24, 2.45) is 0 Å². The first-order valence-electron chi connectivity index (χ1n) is 17.0. The molecule has 8 aromatic rings. The average molecular weight is 609 g/mol. The second-order valence-corrected chi connectivity index (χ2v) is 13.1. The van der Waals surface area contributed by atoms with Crippen LogP contribution in [0.15, 0.2) is 170 Å². The minimum Gasteiger partial charge on any atom is -0.0756 e. The van der Waals surface area contributed by atoms with Gasteiger partial charge in [-0.1, -0.05) is 158 Å². The van der Waals surface area contributed by atoms with E-state index in [-0.39, 0.29) is 0 Å². The van der Waals surface area contributed by atoms with Crippen molar-refractivity contribution in [3.05, 3.63) is 187 Å². The monoisotopic (exact) mass is 608 g/mol. The van der Waals surface area contributed by atoms with Gasteiger partial charge in [-0.15, -0.1) is 0 Å². The van der Waals surface area contributed by atoms with Crippen LogP contribution in [0.4, 0.5) is 0 Å². The molecule has 0 radical (unpaired) electrons. The van der Waals surface area contributed by atoms with E-state index in [1.807, 2.05) is 0 Å². The van der Waals surface area contributed by atoms with Gasteiger partial charge < -0.3 is 0 Å². The lowest BCUT2D eigenvalue weighted by Gasteiger charge is -2.21. The molecule has 8 aromatic carbocycles.